The molecule has 0 N–H and O–H groups in total. The molecule has 0 fully saturated rings. The van der Waals surface area contributed by atoms with Crippen LogP contribution >= 0.6 is 0 Å². The largest absolute Gasteiger partial charge is 0.462 e. The highest BCUT2D eigenvalue weighted by molar-refractivity contribution is 5.71. The predicted molar refractivity (Wildman–Crippen MR) is 279 cm³/mol. The summed E-state index contributed by atoms with van der Waals surface area (Å²) in [5.41, 5.74) is 0. The summed E-state index contributed by atoms with van der Waals surface area (Å²) in [6.07, 6.45) is 68.7. The Labute approximate surface area is 401 Å². The van der Waals surface area contributed by atoms with Crippen molar-refractivity contribution in [1.29, 1.82) is 0 Å². The molecule has 0 heterocycles. The second kappa shape index (κ2) is 53.2. The molecule has 1 atom stereocenters. The third-order valence-corrected chi connectivity index (χ3v) is 11.4. The van der Waals surface area contributed by atoms with Crippen LogP contribution in [0.3, 0.4) is 0 Å². The van der Waals surface area contributed by atoms with Gasteiger partial charge in [-0.2, -0.15) is 0 Å². The number of carbonyl (C=O) groups excluding carboxylic acids is 3. The van der Waals surface area contributed by atoms with Crippen LogP contribution in [-0.4, -0.2) is 37.2 Å². The number of allylic oxidation sites excluding steroid dienone is 14. The lowest BCUT2D eigenvalue weighted by atomic mass is 10.0. The molecule has 372 valence electrons. The minimum Gasteiger partial charge on any atom is -0.462 e. The first-order chi connectivity index (χ1) is 32.0. The van der Waals surface area contributed by atoms with Crippen molar-refractivity contribution in [2.45, 2.75) is 258 Å². The Bertz CT molecular complexity index is 1270. The van der Waals surface area contributed by atoms with Gasteiger partial charge < -0.3 is 14.2 Å². The van der Waals surface area contributed by atoms with Crippen LogP contribution in [-0.2, 0) is 28.6 Å². The number of esters is 3. The van der Waals surface area contributed by atoms with Crippen molar-refractivity contribution in [2.24, 2.45) is 0 Å². The standard InChI is InChI=1S/C59H100O6/c1-4-7-10-13-16-19-22-25-27-29-30-31-33-34-37-40-43-46-49-52-58(61)64-55-56(54-63-57(60)51-48-45-42-39-36-24-21-18-15-12-9-6-3)65-59(62)53-50-47-44-41-38-35-32-28-26-23-20-17-14-11-8-5-2/h7,10,16,18-19,21,25,27,30-31,34,37,43,46,56H,4-6,8-9,11-15,17,20,22-24,26,28-29,32-33,35-36,38-42,44-45,47-55H2,1-3H3/b10-7-,19-16-,21-18-,27-25-,31-30-,37-34-,46-43-. The smallest absolute Gasteiger partial charge is 0.306 e. The van der Waals surface area contributed by atoms with E-state index >= 15 is 0 Å². The number of hydrogen-bond acceptors (Lipinski definition) is 6. The normalized spacial score (nSPS) is 12.7. The van der Waals surface area contributed by atoms with E-state index in [1.165, 1.54) is 116 Å². The van der Waals surface area contributed by atoms with Crippen molar-refractivity contribution in [3.63, 3.8) is 0 Å². The van der Waals surface area contributed by atoms with Crippen molar-refractivity contribution in [3.05, 3.63) is 85.1 Å². The first-order valence-electron chi connectivity index (χ1n) is 27.1. The number of unbranched alkanes of at least 4 members (excludes halogenated alkanes) is 23. The summed E-state index contributed by atoms with van der Waals surface area (Å²) in [5, 5.41) is 0. The van der Waals surface area contributed by atoms with E-state index in [-0.39, 0.29) is 37.5 Å². The third-order valence-electron chi connectivity index (χ3n) is 11.4. The molecule has 0 spiro atoms. The Morgan fingerprint density at radius 1 is 0.323 bits per heavy atom. The molecule has 0 saturated heterocycles. The van der Waals surface area contributed by atoms with Crippen molar-refractivity contribution in [1.82, 2.24) is 0 Å². The van der Waals surface area contributed by atoms with Crippen LogP contribution in [0.1, 0.15) is 252 Å². The number of hydrogen-bond donors (Lipinski definition) is 0. The van der Waals surface area contributed by atoms with Crippen molar-refractivity contribution in [2.75, 3.05) is 13.2 Å². The van der Waals surface area contributed by atoms with Gasteiger partial charge in [0.2, 0.25) is 0 Å². The molecule has 0 aliphatic heterocycles. The molecule has 0 saturated carbocycles. The average molecular weight is 905 g/mol. The topological polar surface area (TPSA) is 78.9 Å². The van der Waals surface area contributed by atoms with E-state index in [0.29, 0.717) is 19.3 Å². The summed E-state index contributed by atoms with van der Waals surface area (Å²) in [6.45, 7) is 6.44. The fourth-order valence-electron chi connectivity index (χ4n) is 7.35. The predicted octanol–water partition coefficient (Wildman–Crippen LogP) is 18.0. The molecular formula is C59H100O6. The van der Waals surface area contributed by atoms with Gasteiger partial charge in [-0.15, -0.1) is 0 Å². The molecule has 0 aromatic carbocycles. The Balaban J connectivity index is 4.48. The van der Waals surface area contributed by atoms with Crippen LogP contribution < -0.4 is 0 Å². The lowest BCUT2D eigenvalue weighted by molar-refractivity contribution is -0.166. The second-order valence-electron chi connectivity index (χ2n) is 17.8. The van der Waals surface area contributed by atoms with Gasteiger partial charge in [-0.3, -0.25) is 14.4 Å². The molecule has 65 heavy (non-hydrogen) atoms. The summed E-state index contributed by atoms with van der Waals surface area (Å²) in [6, 6.07) is 0. The van der Waals surface area contributed by atoms with Gasteiger partial charge in [0.25, 0.3) is 0 Å². The van der Waals surface area contributed by atoms with Gasteiger partial charge in [0.1, 0.15) is 13.2 Å². The lowest BCUT2D eigenvalue weighted by Gasteiger charge is -2.18. The Morgan fingerprint density at radius 3 is 1.06 bits per heavy atom. The van der Waals surface area contributed by atoms with Gasteiger partial charge in [0.05, 0.1) is 0 Å². The Hall–Kier alpha value is -3.41. The van der Waals surface area contributed by atoms with Crippen molar-refractivity contribution >= 4 is 17.9 Å². The monoisotopic (exact) mass is 905 g/mol. The van der Waals surface area contributed by atoms with Crippen LogP contribution in [0.5, 0.6) is 0 Å². The Morgan fingerprint density at radius 2 is 0.631 bits per heavy atom. The molecule has 1 unspecified atom stereocenters. The Kier molecular flexibility index (Phi) is 50.4. The van der Waals surface area contributed by atoms with E-state index in [1.807, 2.05) is 6.08 Å². The first-order valence-corrected chi connectivity index (χ1v) is 27.1. The summed E-state index contributed by atoms with van der Waals surface area (Å²) in [7, 11) is 0. The van der Waals surface area contributed by atoms with E-state index < -0.39 is 6.10 Å². The molecule has 0 rings (SSSR count). The average Bonchev–Trinajstić information content (AvgIpc) is 3.30. The van der Waals surface area contributed by atoms with Gasteiger partial charge in [-0.25, -0.2) is 0 Å². The van der Waals surface area contributed by atoms with E-state index in [1.54, 1.807) is 0 Å². The fourth-order valence-corrected chi connectivity index (χ4v) is 7.35. The van der Waals surface area contributed by atoms with Crippen molar-refractivity contribution < 1.29 is 28.6 Å². The fraction of sp³-hybridized carbons (Fsp3) is 0.712. The zero-order valence-corrected chi connectivity index (χ0v) is 42.5. The van der Waals surface area contributed by atoms with Gasteiger partial charge >= 0.3 is 17.9 Å². The molecule has 0 amide bonds. The summed E-state index contributed by atoms with van der Waals surface area (Å²) < 4.78 is 16.7. The van der Waals surface area contributed by atoms with Crippen LogP contribution in [0, 0.1) is 0 Å². The highest BCUT2D eigenvalue weighted by Crippen LogP contribution is 2.15. The van der Waals surface area contributed by atoms with E-state index in [4.69, 9.17) is 14.2 Å². The molecule has 0 bridgehead atoms. The SMILES string of the molecule is CC/C=C\C/C=C\C/C=C\C/C=C\C/C=C\C/C=C\CCC(=O)OCC(COC(=O)CCCCCCC/C=C\CCCCC)OC(=O)CCCCCCCCCCCCCCCCCC. The van der Waals surface area contributed by atoms with E-state index in [2.05, 4.69) is 99.8 Å². The van der Waals surface area contributed by atoms with Gasteiger partial charge in [-0.1, -0.05) is 234 Å². The second-order valence-corrected chi connectivity index (χ2v) is 17.8. The van der Waals surface area contributed by atoms with Crippen LogP contribution in [0.2, 0.25) is 0 Å². The van der Waals surface area contributed by atoms with E-state index in [9.17, 15) is 14.4 Å². The molecule has 0 aromatic heterocycles. The van der Waals surface area contributed by atoms with Crippen LogP contribution in [0.25, 0.3) is 0 Å². The van der Waals surface area contributed by atoms with Crippen LogP contribution in [0.4, 0.5) is 0 Å². The molecule has 0 aliphatic rings. The molecule has 0 aromatic rings. The van der Waals surface area contributed by atoms with Crippen LogP contribution in [0.15, 0.2) is 85.1 Å². The zero-order chi connectivity index (χ0) is 47.2. The van der Waals surface area contributed by atoms with Gasteiger partial charge in [0, 0.05) is 19.3 Å². The molecule has 6 nitrogen and oxygen atoms in total. The number of carbonyl (C=O) groups is 3. The maximum Gasteiger partial charge on any atom is 0.306 e. The van der Waals surface area contributed by atoms with Crippen molar-refractivity contribution in [3.8, 4) is 0 Å². The summed E-state index contributed by atoms with van der Waals surface area (Å²) in [5.74, 6) is -0.995. The highest BCUT2D eigenvalue weighted by Gasteiger charge is 2.19. The maximum atomic E-state index is 12.8. The minimum atomic E-state index is -0.808. The number of ether oxygens (including phenoxy) is 3. The molecule has 0 aliphatic carbocycles. The summed E-state index contributed by atoms with van der Waals surface area (Å²) >= 11 is 0. The maximum absolute atomic E-state index is 12.8. The zero-order valence-electron chi connectivity index (χ0n) is 42.5. The highest BCUT2D eigenvalue weighted by atomic mass is 16.6. The van der Waals surface area contributed by atoms with Gasteiger partial charge in [-0.05, 0) is 83.5 Å². The van der Waals surface area contributed by atoms with E-state index in [0.717, 1.165) is 89.9 Å². The molecular weight excluding hydrogens is 805 g/mol. The number of rotatable bonds is 48. The lowest BCUT2D eigenvalue weighted by Crippen LogP contribution is -2.30. The minimum absolute atomic E-state index is 0.103. The van der Waals surface area contributed by atoms with Gasteiger partial charge in [0.15, 0.2) is 6.10 Å². The third kappa shape index (κ3) is 51.4. The molecule has 6 heteroatoms. The molecule has 0 radical (unpaired) electrons. The quantitative estimate of drug-likeness (QED) is 0.0262. The first kappa shape index (κ1) is 61.6. The summed E-state index contributed by atoms with van der Waals surface area (Å²) in [4.78, 5) is 38.0.